The third-order valence-electron chi connectivity index (χ3n) is 2.50. The maximum atomic E-state index is 6.13. The van der Waals surface area contributed by atoms with Gasteiger partial charge in [0, 0.05) is 23.2 Å². The molecule has 0 aliphatic carbocycles. The highest BCUT2D eigenvalue weighted by atomic mass is 35.5. The minimum absolute atomic E-state index is 0.493. The molecule has 2 nitrogen and oxygen atoms in total. The van der Waals surface area contributed by atoms with Crippen molar-refractivity contribution in [1.29, 1.82) is 0 Å². The number of halogens is 1. The SMILES string of the molecule is Cc1ccnc(Sc2ccccc2Cl)c1CN. The van der Waals surface area contributed by atoms with Crippen molar-refractivity contribution in [2.75, 3.05) is 0 Å². The number of aryl methyl sites for hydroxylation is 1. The van der Waals surface area contributed by atoms with Crippen molar-refractivity contribution in [2.45, 2.75) is 23.4 Å². The molecule has 0 aliphatic heterocycles. The summed E-state index contributed by atoms with van der Waals surface area (Å²) in [4.78, 5) is 5.37. The van der Waals surface area contributed by atoms with Gasteiger partial charge in [0.15, 0.2) is 0 Å². The summed E-state index contributed by atoms with van der Waals surface area (Å²) in [5.74, 6) is 0. The zero-order chi connectivity index (χ0) is 12.3. The van der Waals surface area contributed by atoms with Gasteiger partial charge in [0.05, 0.1) is 5.02 Å². The first-order valence-electron chi connectivity index (χ1n) is 5.29. The standard InChI is InChI=1S/C13H13ClN2S/c1-9-6-7-16-13(10(9)8-15)17-12-5-3-2-4-11(12)14/h2-7H,8,15H2,1H3. The summed E-state index contributed by atoms with van der Waals surface area (Å²) >= 11 is 7.69. The molecule has 1 aromatic carbocycles. The molecule has 0 amide bonds. The van der Waals surface area contributed by atoms with Crippen LogP contribution in [0.5, 0.6) is 0 Å². The second-order valence-corrected chi connectivity index (χ2v) is 5.09. The lowest BCUT2D eigenvalue weighted by molar-refractivity contribution is 0.943. The Kier molecular flexibility index (Phi) is 4.05. The number of rotatable bonds is 3. The molecule has 0 spiro atoms. The third kappa shape index (κ3) is 2.80. The molecule has 0 atom stereocenters. The van der Waals surface area contributed by atoms with Gasteiger partial charge in [0.2, 0.25) is 0 Å². The summed E-state index contributed by atoms with van der Waals surface area (Å²) in [6.45, 7) is 2.53. The van der Waals surface area contributed by atoms with E-state index in [-0.39, 0.29) is 0 Å². The molecule has 0 bridgehead atoms. The lowest BCUT2D eigenvalue weighted by Crippen LogP contribution is -2.02. The largest absolute Gasteiger partial charge is 0.326 e. The first-order valence-corrected chi connectivity index (χ1v) is 6.48. The number of pyridine rings is 1. The first kappa shape index (κ1) is 12.4. The van der Waals surface area contributed by atoms with Crippen molar-refractivity contribution in [2.24, 2.45) is 5.73 Å². The molecule has 0 fully saturated rings. The highest BCUT2D eigenvalue weighted by molar-refractivity contribution is 7.99. The Morgan fingerprint density at radius 3 is 2.76 bits per heavy atom. The zero-order valence-electron chi connectivity index (χ0n) is 9.48. The molecular weight excluding hydrogens is 252 g/mol. The van der Waals surface area contributed by atoms with Gasteiger partial charge in [-0.1, -0.05) is 35.5 Å². The average Bonchev–Trinajstić information content (AvgIpc) is 2.32. The van der Waals surface area contributed by atoms with Crippen molar-refractivity contribution in [3.63, 3.8) is 0 Å². The minimum atomic E-state index is 0.493. The van der Waals surface area contributed by atoms with Crippen molar-refractivity contribution in [3.05, 3.63) is 52.7 Å². The maximum absolute atomic E-state index is 6.13. The molecule has 0 unspecified atom stereocenters. The fourth-order valence-electron chi connectivity index (χ4n) is 1.53. The number of nitrogens with zero attached hydrogens (tertiary/aromatic N) is 1. The topological polar surface area (TPSA) is 38.9 Å². The number of hydrogen-bond donors (Lipinski definition) is 1. The minimum Gasteiger partial charge on any atom is -0.326 e. The van der Waals surface area contributed by atoms with Gasteiger partial charge in [0.1, 0.15) is 5.03 Å². The summed E-state index contributed by atoms with van der Waals surface area (Å²) in [7, 11) is 0. The molecule has 17 heavy (non-hydrogen) atoms. The van der Waals surface area contributed by atoms with Gasteiger partial charge in [-0.05, 0) is 30.7 Å². The van der Waals surface area contributed by atoms with Gasteiger partial charge in [-0.2, -0.15) is 0 Å². The van der Waals surface area contributed by atoms with E-state index in [1.54, 1.807) is 18.0 Å². The number of nitrogens with two attached hydrogens (primary N) is 1. The highest BCUT2D eigenvalue weighted by Gasteiger charge is 2.09. The number of hydrogen-bond acceptors (Lipinski definition) is 3. The molecule has 4 heteroatoms. The lowest BCUT2D eigenvalue weighted by atomic mass is 10.2. The van der Waals surface area contributed by atoms with Crippen LogP contribution in [-0.2, 0) is 6.54 Å². The monoisotopic (exact) mass is 264 g/mol. The van der Waals surface area contributed by atoms with E-state index in [4.69, 9.17) is 17.3 Å². The van der Waals surface area contributed by atoms with E-state index in [0.717, 1.165) is 26.1 Å². The Morgan fingerprint density at radius 2 is 2.06 bits per heavy atom. The van der Waals surface area contributed by atoms with Gasteiger partial charge in [-0.25, -0.2) is 4.98 Å². The Hall–Kier alpha value is -1.03. The van der Waals surface area contributed by atoms with E-state index in [2.05, 4.69) is 4.98 Å². The van der Waals surface area contributed by atoms with Gasteiger partial charge in [0.25, 0.3) is 0 Å². The van der Waals surface area contributed by atoms with E-state index >= 15 is 0 Å². The van der Waals surface area contributed by atoms with Gasteiger partial charge in [-0.3, -0.25) is 0 Å². The number of aromatic nitrogens is 1. The van der Waals surface area contributed by atoms with Crippen LogP contribution in [0, 0.1) is 6.92 Å². The molecule has 0 saturated heterocycles. The molecule has 0 radical (unpaired) electrons. The van der Waals surface area contributed by atoms with Crippen molar-refractivity contribution in [1.82, 2.24) is 4.98 Å². The quantitative estimate of drug-likeness (QED) is 0.920. The van der Waals surface area contributed by atoms with Crippen LogP contribution in [0.1, 0.15) is 11.1 Å². The predicted molar refractivity (Wildman–Crippen MR) is 72.4 cm³/mol. The normalized spacial score (nSPS) is 10.5. The molecule has 1 heterocycles. The maximum Gasteiger partial charge on any atom is 0.106 e. The fraction of sp³-hybridized carbons (Fsp3) is 0.154. The van der Waals surface area contributed by atoms with Crippen LogP contribution in [0.25, 0.3) is 0 Å². The summed E-state index contributed by atoms with van der Waals surface area (Å²) in [6, 6.07) is 9.71. The van der Waals surface area contributed by atoms with E-state index < -0.39 is 0 Å². The molecule has 0 saturated carbocycles. The van der Waals surface area contributed by atoms with Crippen LogP contribution in [0.4, 0.5) is 0 Å². The van der Waals surface area contributed by atoms with Gasteiger partial charge in [-0.15, -0.1) is 0 Å². The molecule has 2 rings (SSSR count). The second-order valence-electron chi connectivity index (χ2n) is 3.65. The molecule has 2 aromatic rings. The summed E-state index contributed by atoms with van der Waals surface area (Å²) in [5, 5.41) is 1.67. The third-order valence-corrected chi connectivity index (χ3v) is 4.06. The van der Waals surface area contributed by atoms with Crippen LogP contribution < -0.4 is 5.73 Å². The van der Waals surface area contributed by atoms with Crippen molar-refractivity contribution >= 4 is 23.4 Å². The Labute approximate surface area is 110 Å². The average molecular weight is 265 g/mol. The van der Waals surface area contributed by atoms with E-state index in [1.807, 2.05) is 37.3 Å². The van der Waals surface area contributed by atoms with Crippen molar-refractivity contribution < 1.29 is 0 Å². The zero-order valence-corrected chi connectivity index (χ0v) is 11.1. The van der Waals surface area contributed by atoms with E-state index in [9.17, 15) is 0 Å². The summed E-state index contributed by atoms with van der Waals surface area (Å²) in [5.41, 5.74) is 8.00. The summed E-state index contributed by atoms with van der Waals surface area (Å²) in [6.07, 6.45) is 1.80. The molecule has 0 aliphatic rings. The Bertz CT molecular complexity index is 529. The summed E-state index contributed by atoms with van der Waals surface area (Å²) < 4.78 is 0. The Balaban J connectivity index is 2.37. The van der Waals surface area contributed by atoms with Crippen molar-refractivity contribution in [3.8, 4) is 0 Å². The Morgan fingerprint density at radius 1 is 1.29 bits per heavy atom. The van der Waals surface area contributed by atoms with Gasteiger partial charge >= 0.3 is 0 Å². The molecule has 2 N–H and O–H groups in total. The van der Waals surface area contributed by atoms with E-state index in [1.165, 1.54) is 0 Å². The lowest BCUT2D eigenvalue weighted by Gasteiger charge is -2.09. The smallest absolute Gasteiger partial charge is 0.106 e. The van der Waals surface area contributed by atoms with Crippen LogP contribution in [0.15, 0.2) is 46.5 Å². The van der Waals surface area contributed by atoms with Crippen LogP contribution in [-0.4, -0.2) is 4.98 Å². The van der Waals surface area contributed by atoms with E-state index in [0.29, 0.717) is 6.54 Å². The second kappa shape index (κ2) is 5.54. The molecule has 1 aromatic heterocycles. The molecule has 88 valence electrons. The van der Waals surface area contributed by atoms with Crippen LogP contribution in [0.3, 0.4) is 0 Å². The highest BCUT2D eigenvalue weighted by Crippen LogP contribution is 2.34. The molecular formula is C13H13ClN2S. The van der Waals surface area contributed by atoms with Crippen LogP contribution in [0.2, 0.25) is 5.02 Å². The fourth-order valence-corrected chi connectivity index (χ4v) is 2.78. The van der Waals surface area contributed by atoms with Gasteiger partial charge < -0.3 is 5.73 Å². The predicted octanol–water partition coefficient (Wildman–Crippen LogP) is 3.65. The first-order chi connectivity index (χ1) is 8.22. The van der Waals surface area contributed by atoms with Crippen LogP contribution >= 0.6 is 23.4 Å². The number of benzene rings is 1.